The molecule has 0 aliphatic carbocycles. The van der Waals surface area contributed by atoms with E-state index in [1.54, 1.807) is 0 Å². The second-order valence-corrected chi connectivity index (χ2v) is 6.93. The van der Waals surface area contributed by atoms with Crippen LogP contribution in [0.15, 0.2) is 73.4 Å². The Bertz CT molecular complexity index is 1100. The van der Waals surface area contributed by atoms with Crippen LogP contribution in [-0.2, 0) is 12.2 Å². The Balaban J connectivity index is 1.51. The molecule has 0 amide bonds. The topological polar surface area (TPSA) is 69.1 Å². The zero-order valence-corrected chi connectivity index (χ0v) is 15.0. The highest BCUT2D eigenvalue weighted by atomic mass is 32.2. The molecule has 0 N–H and O–H groups in total. The van der Waals surface area contributed by atoms with Crippen molar-refractivity contribution in [1.29, 1.82) is 0 Å². The zero-order chi connectivity index (χ0) is 17.9. The van der Waals surface area contributed by atoms with Gasteiger partial charge < -0.3 is 8.83 Å². The van der Waals surface area contributed by atoms with Crippen molar-refractivity contribution in [2.75, 3.05) is 0 Å². The zero-order valence-electron chi connectivity index (χ0n) is 14.1. The average molecular weight is 364 g/mol. The number of aryl methyl sites for hydroxylation is 1. The lowest BCUT2D eigenvalue weighted by atomic mass is 10.1. The van der Waals surface area contributed by atoms with Crippen LogP contribution in [0.5, 0.6) is 0 Å². The summed E-state index contributed by atoms with van der Waals surface area (Å²) in [7, 11) is 0. The van der Waals surface area contributed by atoms with E-state index in [4.69, 9.17) is 8.83 Å². The lowest BCUT2D eigenvalue weighted by molar-refractivity contribution is 0.420. The summed E-state index contributed by atoms with van der Waals surface area (Å²) in [6, 6.07) is 17.3. The summed E-state index contributed by atoms with van der Waals surface area (Å²) in [6.45, 7) is 1.97. The standard InChI is InChI=1S/C20H16N2O3S/c1-13-7-8-16-15(11-19(23)24-17(16)9-13)12-26-20-22-21-18(25-20)10-14-5-3-2-4-6-14/h2-9,11H,10,12H2,1H3. The number of hydrogen-bond acceptors (Lipinski definition) is 6. The molecule has 26 heavy (non-hydrogen) atoms. The Morgan fingerprint density at radius 3 is 2.69 bits per heavy atom. The van der Waals surface area contributed by atoms with Gasteiger partial charge in [-0.3, -0.25) is 0 Å². The Morgan fingerprint density at radius 1 is 1.00 bits per heavy atom. The van der Waals surface area contributed by atoms with E-state index in [9.17, 15) is 4.79 Å². The predicted octanol–water partition coefficient (Wildman–Crippen LogP) is 4.37. The fourth-order valence-corrected chi connectivity index (χ4v) is 3.51. The van der Waals surface area contributed by atoms with Crippen LogP contribution in [0.25, 0.3) is 11.0 Å². The van der Waals surface area contributed by atoms with Crippen LogP contribution < -0.4 is 5.63 Å². The molecule has 0 saturated heterocycles. The Morgan fingerprint density at radius 2 is 1.85 bits per heavy atom. The molecule has 130 valence electrons. The van der Waals surface area contributed by atoms with Crippen LogP contribution >= 0.6 is 11.8 Å². The van der Waals surface area contributed by atoms with Gasteiger partial charge in [0.15, 0.2) is 0 Å². The molecule has 5 nitrogen and oxygen atoms in total. The molecule has 0 atom stereocenters. The summed E-state index contributed by atoms with van der Waals surface area (Å²) in [4.78, 5) is 11.8. The summed E-state index contributed by atoms with van der Waals surface area (Å²) in [5, 5.41) is 9.60. The number of nitrogens with zero attached hydrogens (tertiary/aromatic N) is 2. The van der Waals surface area contributed by atoms with Crippen LogP contribution in [0.3, 0.4) is 0 Å². The second kappa shape index (κ2) is 7.17. The lowest BCUT2D eigenvalue weighted by Gasteiger charge is -2.04. The van der Waals surface area contributed by atoms with Gasteiger partial charge in [0.2, 0.25) is 5.89 Å². The van der Waals surface area contributed by atoms with E-state index in [2.05, 4.69) is 10.2 Å². The average Bonchev–Trinajstić information content (AvgIpc) is 3.07. The van der Waals surface area contributed by atoms with Crippen molar-refractivity contribution in [3.63, 3.8) is 0 Å². The predicted molar refractivity (Wildman–Crippen MR) is 100 cm³/mol. The molecule has 0 unspecified atom stereocenters. The summed E-state index contributed by atoms with van der Waals surface area (Å²) in [5.41, 5.74) is 3.31. The van der Waals surface area contributed by atoms with E-state index in [1.165, 1.54) is 17.8 Å². The van der Waals surface area contributed by atoms with Crippen LogP contribution in [-0.4, -0.2) is 10.2 Å². The minimum absolute atomic E-state index is 0.353. The van der Waals surface area contributed by atoms with Gasteiger partial charge >= 0.3 is 5.63 Å². The Labute approximate surface area is 154 Å². The summed E-state index contributed by atoms with van der Waals surface area (Å²) in [5.74, 6) is 1.13. The molecular weight excluding hydrogens is 348 g/mol. The Kier molecular flexibility index (Phi) is 4.58. The molecule has 0 spiro atoms. The summed E-state index contributed by atoms with van der Waals surface area (Å²) >= 11 is 1.41. The molecule has 0 saturated carbocycles. The maximum atomic E-state index is 11.8. The molecule has 2 heterocycles. The van der Waals surface area contributed by atoms with Gasteiger partial charge in [-0.15, -0.1) is 10.2 Å². The molecule has 0 aliphatic heterocycles. The second-order valence-electron chi connectivity index (χ2n) is 6.00. The van der Waals surface area contributed by atoms with Crippen LogP contribution in [0.4, 0.5) is 0 Å². The molecule has 0 bridgehead atoms. The van der Waals surface area contributed by atoms with Gasteiger partial charge in [-0.05, 0) is 29.7 Å². The van der Waals surface area contributed by atoms with E-state index in [0.717, 1.165) is 22.1 Å². The molecule has 2 aromatic carbocycles. The third-order valence-corrected chi connectivity index (χ3v) is 4.85. The van der Waals surface area contributed by atoms with Gasteiger partial charge in [0.25, 0.3) is 5.22 Å². The van der Waals surface area contributed by atoms with Crippen molar-refractivity contribution in [3.05, 3.63) is 87.6 Å². The highest BCUT2D eigenvalue weighted by molar-refractivity contribution is 7.98. The maximum Gasteiger partial charge on any atom is 0.336 e. The monoisotopic (exact) mass is 364 g/mol. The molecule has 0 radical (unpaired) electrons. The number of hydrogen-bond donors (Lipinski definition) is 0. The van der Waals surface area contributed by atoms with E-state index >= 15 is 0 Å². The Hall–Kier alpha value is -2.86. The molecule has 4 rings (SSSR count). The number of aromatic nitrogens is 2. The van der Waals surface area contributed by atoms with Crippen LogP contribution in [0, 0.1) is 6.92 Å². The SMILES string of the molecule is Cc1ccc2c(CSc3nnc(Cc4ccccc4)o3)cc(=O)oc2c1. The van der Waals surface area contributed by atoms with Crippen molar-refractivity contribution < 1.29 is 8.83 Å². The number of fused-ring (bicyclic) bond motifs is 1. The number of thioether (sulfide) groups is 1. The third kappa shape index (κ3) is 3.70. The van der Waals surface area contributed by atoms with Crippen LogP contribution in [0.2, 0.25) is 0 Å². The van der Waals surface area contributed by atoms with E-state index in [-0.39, 0.29) is 5.63 Å². The molecule has 2 aromatic heterocycles. The van der Waals surface area contributed by atoms with Crippen molar-refractivity contribution in [1.82, 2.24) is 10.2 Å². The van der Waals surface area contributed by atoms with Gasteiger partial charge in [-0.1, -0.05) is 54.2 Å². The fraction of sp³-hybridized carbons (Fsp3) is 0.150. The first-order valence-corrected chi connectivity index (χ1v) is 9.18. The normalized spacial score (nSPS) is 11.1. The van der Waals surface area contributed by atoms with Gasteiger partial charge in [0, 0.05) is 17.2 Å². The number of rotatable bonds is 5. The van der Waals surface area contributed by atoms with Crippen LogP contribution in [0.1, 0.15) is 22.6 Å². The first-order valence-electron chi connectivity index (χ1n) is 8.20. The fourth-order valence-electron chi connectivity index (χ4n) is 2.73. The van der Waals surface area contributed by atoms with Crippen molar-refractivity contribution >= 4 is 22.7 Å². The molecule has 6 heteroatoms. The minimum Gasteiger partial charge on any atom is -0.423 e. The summed E-state index contributed by atoms with van der Waals surface area (Å²) in [6.07, 6.45) is 0.603. The first-order chi connectivity index (χ1) is 12.7. The van der Waals surface area contributed by atoms with Crippen molar-refractivity contribution in [2.45, 2.75) is 24.3 Å². The smallest absolute Gasteiger partial charge is 0.336 e. The minimum atomic E-state index is -0.353. The van der Waals surface area contributed by atoms with Crippen molar-refractivity contribution in [2.24, 2.45) is 0 Å². The first kappa shape index (κ1) is 16.6. The van der Waals surface area contributed by atoms with Gasteiger partial charge in [-0.2, -0.15) is 0 Å². The molecule has 0 aliphatic rings. The highest BCUT2D eigenvalue weighted by Crippen LogP contribution is 2.26. The third-order valence-electron chi connectivity index (χ3n) is 3.98. The number of benzene rings is 2. The molecule has 0 fully saturated rings. The quantitative estimate of drug-likeness (QED) is 0.387. The van der Waals surface area contributed by atoms with Crippen molar-refractivity contribution in [3.8, 4) is 0 Å². The lowest BCUT2D eigenvalue weighted by Crippen LogP contribution is -2.00. The maximum absolute atomic E-state index is 11.8. The largest absolute Gasteiger partial charge is 0.423 e. The summed E-state index contributed by atoms with van der Waals surface area (Å²) < 4.78 is 11.0. The van der Waals surface area contributed by atoms with E-state index in [1.807, 2.05) is 55.5 Å². The van der Waals surface area contributed by atoms with Gasteiger partial charge in [-0.25, -0.2) is 4.79 Å². The molecular formula is C20H16N2O3S. The van der Waals surface area contributed by atoms with E-state index in [0.29, 0.717) is 28.9 Å². The highest BCUT2D eigenvalue weighted by Gasteiger charge is 2.11. The van der Waals surface area contributed by atoms with Gasteiger partial charge in [0.1, 0.15) is 5.58 Å². The van der Waals surface area contributed by atoms with Gasteiger partial charge in [0.05, 0.1) is 6.42 Å². The van der Waals surface area contributed by atoms with E-state index < -0.39 is 0 Å². The molecule has 4 aromatic rings.